The van der Waals surface area contributed by atoms with Crippen LogP contribution in [0.5, 0.6) is 0 Å². The van der Waals surface area contributed by atoms with Crippen LogP contribution >= 0.6 is 24.0 Å². The zero-order valence-electron chi connectivity index (χ0n) is 19.8. The van der Waals surface area contributed by atoms with Gasteiger partial charge in [0.05, 0.1) is 13.2 Å². The average molecular weight is 576 g/mol. The summed E-state index contributed by atoms with van der Waals surface area (Å²) in [5, 5.41) is 6.93. The summed E-state index contributed by atoms with van der Waals surface area (Å²) in [5.41, 5.74) is 1.13. The van der Waals surface area contributed by atoms with Crippen molar-refractivity contribution in [3.63, 3.8) is 0 Å². The molecule has 0 aliphatic carbocycles. The molecule has 0 saturated carbocycles. The highest BCUT2D eigenvalue weighted by molar-refractivity contribution is 14.0. The van der Waals surface area contributed by atoms with Gasteiger partial charge in [-0.1, -0.05) is 12.1 Å². The third kappa shape index (κ3) is 10.1. The molecule has 0 aromatic heterocycles. The maximum absolute atomic E-state index is 13.1. The molecule has 2 aliphatic rings. The summed E-state index contributed by atoms with van der Waals surface area (Å²) in [5.74, 6) is 0.483. The summed E-state index contributed by atoms with van der Waals surface area (Å²) < 4.78 is 18.5. The fourth-order valence-electron chi connectivity index (χ4n) is 3.87. The van der Waals surface area contributed by atoms with Gasteiger partial charge >= 0.3 is 0 Å². The molecule has 2 N–H and O–H groups in total. The molecule has 186 valence electrons. The minimum atomic E-state index is -0.197. The topological polar surface area (TPSA) is 72.4 Å². The molecule has 2 heterocycles. The Balaban J connectivity index is 0.00000385. The Labute approximate surface area is 213 Å². The molecule has 0 bridgehead atoms. The fourth-order valence-corrected chi connectivity index (χ4v) is 3.87. The van der Waals surface area contributed by atoms with E-state index in [1.54, 1.807) is 19.0 Å². The number of aliphatic imine (C=N–C) groups is 1. The van der Waals surface area contributed by atoms with Gasteiger partial charge in [-0.05, 0) is 30.5 Å². The van der Waals surface area contributed by atoms with E-state index in [0.29, 0.717) is 12.0 Å². The molecular weight excluding hydrogens is 538 g/mol. The van der Waals surface area contributed by atoms with Crippen LogP contribution in [0.2, 0.25) is 0 Å². The summed E-state index contributed by atoms with van der Waals surface area (Å²) in [4.78, 5) is 22.9. The molecule has 2 aliphatic heterocycles. The van der Waals surface area contributed by atoms with Crippen LogP contribution in [0.25, 0.3) is 0 Å². The van der Waals surface area contributed by atoms with Crippen LogP contribution in [0, 0.1) is 5.82 Å². The molecule has 0 unspecified atom stereocenters. The van der Waals surface area contributed by atoms with E-state index in [4.69, 9.17) is 4.74 Å². The number of amides is 1. The van der Waals surface area contributed by atoms with E-state index < -0.39 is 0 Å². The number of nitrogens with zero attached hydrogens (tertiary/aromatic N) is 4. The third-order valence-corrected chi connectivity index (χ3v) is 5.94. The fraction of sp³-hybridized carbons (Fsp3) is 0.652. The Morgan fingerprint density at radius 3 is 2.42 bits per heavy atom. The highest BCUT2D eigenvalue weighted by Gasteiger charge is 2.20. The van der Waals surface area contributed by atoms with Crippen LogP contribution in [-0.4, -0.2) is 106 Å². The quantitative estimate of drug-likeness (QED) is 0.277. The monoisotopic (exact) mass is 576 g/mol. The highest BCUT2D eigenvalue weighted by Crippen LogP contribution is 2.14. The predicted molar refractivity (Wildman–Crippen MR) is 140 cm³/mol. The van der Waals surface area contributed by atoms with E-state index in [-0.39, 0.29) is 42.2 Å². The summed E-state index contributed by atoms with van der Waals surface area (Å²) in [6.45, 7) is 8.06. The number of nitrogens with one attached hydrogen (secondary N) is 2. The highest BCUT2D eigenvalue weighted by atomic mass is 127. The Morgan fingerprint density at radius 1 is 1.12 bits per heavy atom. The number of carbonyl (C=O) groups is 1. The standard InChI is InChI=1S/C23H37FN6O2.HI/c1-28(2)22(31)17-26-23(25-9-12-29-13-15-32-16-14-29)27-21-7-10-30(11-8-21)18-19-3-5-20(24)6-4-19;/h3-6,21H,7-18H2,1-2H3,(H2,25,26,27);1H. The van der Waals surface area contributed by atoms with Gasteiger partial charge in [-0.3, -0.25) is 14.6 Å². The smallest absolute Gasteiger partial charge is 0.243 e. The summed E-state index contributed by atoms with van der Waals surface area (Å²) in [7, 11) is 3.49. The van der Waals surface area contributed by atoms with E-state index in [2.05, 4.69) is 25.4 Å². The number of benzene rings is 1. The van der Waals surface area contributed by atoms with Crippen LogP contribution in [-0.2, 0) is 16.1 Å². The first-order valence-electron chi connectivity index (χ1n) is 11.5. The van der Waals surface area contributed by atoms with Gasteiger partial charge in [0.25, 0.3) is 0 Å². The number of guanidine groups is 1. The number of rotatable bonds is 8. The van der Waals surface area contributed by atoms with Gasteiger partial charge in [-0.25, -0.2) is 9.38 Å². The van der Waals surface area contributed by atoms with Crippen LogP contribution in [0.3, 0.4) is 0 Å². The zero-order valence-corrected chi connectivity index (χ0v) is 22.1. The number of halogens is 2. The molecule has 1 aromatic rings. The molecule has 2 fully saturated rings. The molecule has 2 saturated heterocycles. The number of hydrogen-bond donors (Lipinski definition) is 2. The Morgan fingerprint density at radius 2 is 1.79 bits per heavy atom. The molecular formula is C23H38FIN6O2. The second-order valence-electron chi connectivity index (χ2n) is 8.66. The number of likely N-dealkylation sites (N-methyl/N-ethyl adjacent to an activating group) is 1. The Bertz CT molecular complexity index is 735. The van der Waals surface area contributed by atoms with Crippen molar-refractivity contribution in [2.75, 3.05) is 73.1 Å². The van der Waals surface area contributed by atoms with Crippen molar-refractivity contribution in [1.82, 2.24) is 25.3 Å². The van der Waals surface area contributed by atoms with Crippen molar-refractivity contribution in [2.45, 2.75) is 25.4 Å². The van der Waals surface area contributed by atoms with Gasteiger partial charge in [0, 0.05) is 66.0 Å². The molecule has 0 radical (unpaired) electrons. The normalized spacial score (nSPS) is 18.5. The third-order valence-electron chi connectivity index (χ3n) is 5.94. The molecule has 1 aromatic carbocycles. The number of piperidine rings is 1. The minimum absolute atomic E-state index is 0. The largest absolute Gasteiger partial charge is 0.379 e. The molecule has 0 atom stereocenters. The number of ether oxygens (including phenoxy) is 1. The second-order valence-corrected chi connectivity index (χ2v) is 8.66. The predicted octanol–water partition coefficient (Wildman–Crippen LogP) is 1.36. The number of morpholine rings is 1. The van der Waals surface area contributed by atoms with E-state index in [9.17, 15) is 9.18 Å². The molecule has 33 heavy (non-hydrogen) atoms. The van der Waals surface area contributed by atoms with E-state index in [0.717, 1.165) is 77.4 Å². The maximum Gasteiger partial charge on any atom is 0.243 e. The number of likely N-dealkylation sites (tertiary alicyclic amines) is 1. The minimum Gasteiger partial charge on any atom is -0.379 e. The molecule has 3 rings (SSSR count). The second kappa shape index (κ2) is 14.7. The number of hydrogen-bond acceptors (Lipinski definition) is 5. The van der Waals surface area contributed by atoms with Crippen LogP contribution < -0.4 is 10.6 Å². The lowest BCUT2D eigenvalue weighted by molar-refractivity contribution is -0.127. The van der Waals surface area contributed by atoms with E-state index >= 15 is 0 Å². The van der Waals surface area contributed by atoms with Crippen molar-refractivity contribution < 1.29 is 13.9 Å². The van der Waals surface area contributed by atoms with Crippen molar-refractivity contribution in [3.8, 4) is 0 Å². The Hall–Kier alpha value is -1.50. The van der Waals surface area contributed by atoms with Crippen LogP contribution in [0.1, 0.15) is 18.4 Å². The first kappa shape index (κ1) is 27.7. The lowest BCUT2D eigenvalue weighted by atomic mass is 10.0. The zero-order chi connectivity index (χ0) is 22.8. The average Bonchev–Trinajstić information content (AvgIpc) is 2.80. The van der Waals surface area contributed by atoms with Gasteiger partial charge in [0.1, 0.15) is 12.4 Å². The van der Waals surface area contributed by atoms with E-state index in [1.807, 2.05) is 12.1 Å². The molecule has 0 spiro atoms. The SMILES string of the molecule is CN(C)C(=O)CN=C(NCCN1CCOCC1)NC1CCN(Cc2ccc(F)cc2)CC1.I. The van der Waals surface area contributed by atoms with Crippen molar-refractivity contribution in [2.24, 2.45) is 4.99 Å². The van der Waals surface area contributed by atoms with Gasteiger partial charge in [0.2, 0.25) is 5.91 Å². The van der Waals surface area contributed by atoms with Crippen molar-refractivity contribution in [3.05, 3.63) is 35.6 Å². The van der Waals surface area contributed by atoms with Gasteiger partial charge < -0.3 is 20.3 Å². The molecule has 8 nitrogen and oxygen atoms in total. The maximum atomic E-state index is 13.1. The lowest BCUT2D eigenvalue weighted by Gasteiger charge is -2.33. The van der Waals surface area contributed by atoms with Gasteiger partial charge in [-0.2, -0.15) is 0 Å². The number of carbonyl (C=O) groups excluding carboxylic acids is 1. The summed E-state index contributed by atoms with van der Waals surface area (Å²) in [6.07, 6.45) is 1.99. The van der Waals surface area contributed by atoms with Crippen molar-refractivity contribution in [1.29, 1.82) is 0 Å². The van der Waals surface area contributed by atoms with Crippen LogP contribution in [0.4, 0.5) is 4.39 Å². The van der Waals surface area contributed by atoms with E-state index in [1.165, 1.54) is 12.1 Å². The van der Waals surface area contributed by atoms with Crippen molar-refractivity contribution >= 4 is 35.8 Å². The first-order chi connectivity index (χ1) is 15.5. The summed E-state index contributed by atoms with van der Waals surface area (Å²) >= 11 is 0. The molecule has 10 heteroatoms. The lowest BCUT2D eigenvalue weighted by Crippen LogP contribution is -2.50. The molecule has 1 amide bonds. The van der Waals surface area contributed by atoms with Gasteiger partial charge in [0.15, 0.2) is 5.96 Å². The Kier molecular flexibility index (Phi) is 12.4. The summed E-state index contributed by atoms with van der Waals surface area (Å²) in [6, 6.07) is 7.05. The first-order valence-corrected chi connectivity index (χ1v) is 11.5. The van der Waals surface area contributed by atoms with Crippen LogP contribution in [0.15, 0.2) is 29.3 Å². The van der Waals surface area contributed by atoms with Gasteiger partial charge in [-0.15, -0.1) is 24.0 Å².